The third kappa shape index (κ3) is 3.37. The first-order valence-corrected chi connectivity index (χ1v) is 9.74. The van der Waals surface area contributed by atoms with E-state index in [1.807, 2.05) is 19.9 Å². The zero-order valence-corrected chi connectivity index (χ0v) is 17.1. The molecule has 0 fully saturated rings. The van der Waals surface area contributed by atoms with Crippen molar-refractivity contribution < 1.29 is 27.3 Å². The molecule has 166 valence electrons. The van der Waals surface area contributed by atoms with Gasteiger partial charge in [-0.25, -0.2) is 8.78 Å². The third-order valence-electron chi connectivity index (χ3n) is 5.70. The van der Waals surface area contributed by atoms with Crippen LogP contribution in [0, 0.1) is 10.1 Å². The number of hydrogen-bond acceptors (Lipinski definition) is 4. The monoisotopic (exact) mass is 446 g/mol. The second kappa shape index (κ2) is 7.29. The van der Waals surface area contributed by atoms with Crippen LogP contribution in [0.1, 0.15) is 25.0 Å². The molecule has 2 heterocycles. The van der Waals surface area contributed by atoms with Crippen LogP contribution in [0.15, 0.2) is 77.2 Å². The number of ketones is 1. The average molecular weight is 446 g/mol. The number of alkyl halides is 4. The van der Waals surface area contributed by atoms with Crippen LogP contribution < -0.4 is 0 Å². The predicted molar refractivity (Wildman–Crippen MR) is 109 cm³/mol. The normalized spacial score (nSPS) is 22.2. The molecule has 9 heteroatoms. The summed E-state index contributed by atoms with van der Waals surface area (Å²) in [4.78, 5) is 24.8. The van der Waals surface area contributed by atoms with Crippen molar-refractivity contribution in [2.75, 3.05) is 0 Å². The van der Waals surface area contributed by atoms with Gasteiger partial charge in [0.25, 0.3) is 5.70 Å². The van der Waals surface area contributed by atoms with E-state index in [9.17, 15) is 32.5 Å². The number of nitro groups is 1. The van der Waals surface area contributed by atoms with Crippen molar-refractivity contribution >= 4 is 11.5 Å². The Hall–Kier alpha value is -3.49. The summed E-state index contributed by atoms with van der Waals surface area (Å²) in [5.74, 6) is -5.12. The molecule has 0 amide bonds. The number of carbonyl (C=O) groups excluding carboxylic acids is 1. The topological polar surface area (TPSA) is 63.5 Å². The molecule has 0 radical (unpaired) electrons. The Morgan fingerprint density at radius 3 is 2.47 bits per heavy atom. The summed E-state index contributed by atoms with van der Waals surface area (Å²) >= 11 is 0. The Labute approximate surface area is 180 Å². The smallest absolute Gasteiger partial charge is 0.332 e. The Morgan fingerprint density at radius 2 is 1.81 bits per heavy atom. The molecule has 0 atom stereocenters. The van der Waals surface area contributed by atoms with Gasteiger partial charge in [0.2, 0.25) is 0 Å². The van der Waals surface area contributed by atoms with Crippen molar-refractivity contribution in [3.8, 4) is 0 Å². The summed E-state index contributed by atoms with van der Waals surface area (Å²) in [5, 5.41) is 11.3. The van der Waals surface area contributed by atoms with Crippen molar-refractivity contribution in [2.24, 2.45) is 0 Å². The molecule has 1 aromatic carbocycles. The largest absolute Gasteiger partial charge is 0.334 e. The maximum Gasteiger partial charge on any atom is 0.332 e. The van der Waals surface area contributed by atoms with Crippen LogP contribution in [0.25, 0.3) is 5.70 Å². The number of benzene rings is 1. The molecule has 1 aliphatic carbocycles. The highest BCUT2D eigenvalue weighted by Gasteiger charge is 2.48. The average Bonchev–Trinajstić information content (AvgIpc) is 2.72. The van der Waals surface area contributed by atoms with E-state index in [1.165, 1.54) is 0 Å². The molecule has 1 aromatic rings. The number of carbonyl (C=O) groups is 1. The summed E-state index contributed by atoms with van der Waals surface area (Å²) in [7, 11) is 0. The second-order valence-corrected chi connectivity index (χ2v) is 8.36. The van der Waals surface area contributed by atoms with Crippen molar-refractivity contribution in [3.63, 3.8) is 0 Å². The van der Waals surface area contributed by atoms with Gasteiger partial charge < -0.3 is 4.90 Å². The maximum atomic E-state index is 14.5. The number of halogens is 4. The molecule has 0 saturated heterocycles. The summed E-state index contributed by atoms with van der Waals surface area (Å²) in [6, 6.07) is 7.01. The van der Waals surface area contributed by atoms with Crippen LogP contribution in [-0.2, 0) is 11.2 Å². The van der Waals surface area contributed by atoms with E-state index in [0.717, 1.165) is 35.9 Å². The zero-order chi connectivity index (χ0) is 23.4. The summed E-state index contributed by atoms with van der Waals surface area (Å²) in [5.41, 5.74) is -0.767. The van der Waals surface area contributed by atoms with Crippen molar-refractivity contribution in [3.05, 3.63) is 98.4 Å². The van der Waals surface area contributed by atoms with Crippen molar-refractivity contribution in [1.29, 1.82) is 0 Å². The molecule has 3 aliphatic rings. The minimum absolute atomic E-state index is 0.0778. The number of fused-ring (bicyclic) bond motifs is 3. The van der Waals surface area contributed by atoms with Crippen LogP contribution in [0.3, 0.4) is 0 Å². The fraction of sp³-hybridized carbons (Fsp3) is 0.261. The Bertz CT molecular complexity index is 1190. The first kappa shape index (κ1) is 21.7. The summed E-state index contributed by atoms with van der Waals surface area (Å²) in [6.07, 6.45) is 1.33. The molecule has 0 N–H and O–H groups in total. The van der Waals surface area contributed by atoms with Crippen LogP contribution in [0.2, 0.25) is 0 Å². The maximum absolute atomic E-state index is 14.5. The number of hydrogen-bond donors (Lipinski definition) is 0. The zero-order valence-electron chi connectivity index (χ0n) is 17.1. The molecule has 5 nitrogen and oxygen atoms in total. The van der Waals surface area contributed by atoms with E-state index in [-0.39, 0.29) is 17.0 Å². The minimum atomic E-state index is -4.48. The SMILES string of the molecule is CC1(C)Cc2ccccc2C2=CC(C(F)(F)C(F)F)=C/C(=C3/C=C([N+](=O)[O-])C=CC3=O)N21. The lowest BCUT2D eigenvalue weighted by molar-refractivity contribution is -0.419. The third-order valence-corrected chi connectivity index (χ3v) is 5.70. The van der Waals surface area contributed by atoms with E-state index in [0.29, 0.717) is 12.0 Å². The highest BCUT2D eigenvalue weighted by molar-refractivity contribution is 6.08. The van der Waals surface area contributed by atoms with Gasteiger partial charge in [-0.1, -0.05) is 24.3 Å². The van der Waals surface area contributed by atoms with Crippen LogP contribution in [0.5, 0.6) is 0 Å². The van der Waals surface area contributed by atoms with Crippen LogP contribution in [0.4, 0.5) is 17.6 Å². The van der Waals surface area contributed by atoms with E-state index in [2.05, 4.69) is 0 Å². The van der Waals surface area contributed by atoms with Gasteiger partial charge in [-0.15, -0.1) is 0 Å². The molecule has 0 saturated carbocycles. The fourth-order valence-corrected chi connectivity index (χ4v) is 4.26. The van der Waals surface area contributed by atoms with Crippen molar-refractivity contribution in [1.82, 2.24) is 4.90 Å². The lowest BCUT2D eigenvalue weighted by atomic mass is 9.80. The van der Waals surface area contributed by atoms with Gasteiger partial charge in [-0.3, -0.25) is 14.9 Å². The fourth-order valence-electron chi connectivity index (χ4n) is 4.26. The van der Waals surface area contributed by atoms with E-state index >= 15 is 0 Å². The van der Waals surface area contributed by atoms with Gasteiger partial charge in [-0.05, 0) is 44.1 Å². The second-order valence-electron chi connectivity index (χ2n) is 8.36. The van der Waals surface area contributed by atoms with E-state index in [1.54, 1.807) is 23.1 Å². The van der Waals surface area contributed by atoms with E-state index in [4.69, 9.17) is 0 Å². The molecular weight excluding hydrogens is 428 g/mol. The number of nitrogens with zero attached hydrogens (tertiary/aromatic N) is 2. The first-order chi connectivity index (χ1) is 14.9. The Morgan fingerprint density at radius 1 is 1.12 bits per heavy atom. The molecule has 0 bridgehead atoms. The Balaban J connectivity index is 2.05. The Kier molecular flexibility index (Phi) is 4.95. The quantitative estimate of drug-likeness (QED) is 0.282. The lowest BCUT2D eigenvalue weighted by Crippen LogP contribution is -2.48. The van der Waals surface area contributed by atoms with Gasteiger partial charge >= 0.3 is 12.3 Å². The number of allylic oxidation sites excluding steroid dienone is 7. The van der Waals surface area contributed by atoms with Gasteiger partial charge in [0, 0.05) is 34.5 Å². The molecule has 0 spiro atoms. The molecule has 0 unspecified atom stereocenters. The van der Waals surface area contributed by atoms with Crippen molar-refractivity contribution in [2.45, 2.75) is 38.2 Å². The van der Waals surface area contributed by atoms with Crippen LogP contribution >= 0.6 is 0 Å². The first-order valence-electron chi connectivity index (χ1n) is 9.74. The predicted octanol–water partition coefficient (Wildman–Crippen LogP) is 5.06. The summed E-state index contributed by atoms with van der Waals surface area (Å²) < 4.78 is 55.5. The van der Waals surface area contributed by atoms with Gasteiger partial charge in [0.15, 0.2) is 5.78 Å². The highest BCUT2D eigenvalue weighted by Crippen LogP contribution is 2.48. The summed E-state index contributed by atoms with van der Waals surface area (Å²) in [6.45, 7) is 3.64. The molecule has 4 rings (SSSR count). The van der Waals surface area contributed by atoms with E-state index < -0.39 is 39.9 Å². The molecule has 0 aromatic heterocycles. The molecule has 2 aliphatic heterocycles. The standard InChI is InChI=1S/C23H18F4N2O3/c1-22(2)12-13-5-3-4-6-16(13)18-9-14(23(26,27)21(24)25)10-19(28(18)22)17-11-15(29(31)32)7-8-20(17)30/h3-11,21H,12H2,1-2H3/b19-17+. The molecular formula is C23H18F4N2O3. The highest BCUT2D eigenvalue weighted by atomic mass is 19.3. The minimum Gasteiger partial charge on any atom is -0.334 e. The molecule has 32 heavy (non-hydrogen) atoms. The lowest BCUT2D eigenvalue weighted by Gasteiger charge is -2.49. The van der Waals surface area contributed by atoms with Gasteiger partial charge in [0.1, 0.15) is 0 Å². The number of rotatable bonds is 3. The van der Waals surface area contributed by atoms with Crippen LogP contribution in [-0.4, -0.2) is 33.5 Å². The van der Waals surface area contributed by atoms with Gasteiger partial charge in [0.05, 0.1) is 16.2 Å². The van der Waals surface area contributed by atoms with Gasteiger partial charge in [-0.2, -0.15) is 8.78 Å².